The van der Waals surface area contributed by atoms with E-state index in [0.717, 1.165) is 6.54 Å². The molecule has 0 radical (unpaired) electrons. The van der Waals surface area contributed by atoms with Crippen molar-refractivity contribution in [3.05, 3.63) is 30.1 Å². The fraction of sp³-hybridized carbons (Fsp3) is 0.545. The zero-order chi connectivity index (χ0) is 9.53. The molecule has 0 aliphatic heterocycles. The van der Waals surface area contributed by atoms with E-state index in [1.807, 2.05) is 18.5 Å². The van der Waals surface area contributed by atoms with Gasteiger partial charge in [-0.05, 0) is 23.5 Å². The van der Waals surface area contributed by atoms with Crippen molar-refractivity contribution in [1.82, 2.24) is 4.98 Å². The van der Waals surface area contributed by atoms with Crippen molar-refractivity contribution in [1.29, 1.82) is 0 Å². The molecule has 2 heteroatoms. The summed E-state index contributed by atoms with van der Waals surface area (Å²) in [7, 11) is 0. The van der Waals surface area contributed by atoms with Gasteiger partial charge in [0, 0.05) is 24.4 Å². The number of aromatic nitrogens is 1. The average molecular weight is 176 g/mol. The van der Waals surface area contributed by atoms with Crippen molar-refractivity contribution in [2.75, 3.05) is 6.54 Å². The first-order valence-electron chi connectivity index (χ1n) is 4.73. The second kappa shape index (κ2) is 2.55. The predicted octanol–water partition coefficient (Wildman–Crippen LogP) is 1.71. The Kier molecular flexibility index (Phi) is 1.70. The Morgan fingerprint density at radius 1 is 1.54 bits per heavy atom. The Hall–Kier alpha value is -0.890. The lowest BCUT2D eigenvalue weighted by Gasteiger charge is -2.18. The number of hydrogen-bond donors (Lipinski definition) is 1. The van der Waals surface area contributed by atoms with Gasteiger partial charge in [-0.25, -0.2) is 0 Å². The van der Waals surface area contributed by atoms with Crippen LogP contribution in [0, 0.1) is 5.41 Å². The smallest absolute Gasteiger partial charge is 0.0306 e. The minimum atomic E-state index is 0.196. The molecule has 2 rings (SSSR count). The first-order valence-corrected chi connectivity index (χ1v) is 4.73. The molecule has 1 unspecified atom stereocenters. The molecule has 0 aromatic carbocycles. The van der Waals surface area contributed by atoms with Crippen molar-refractivity contribution in [2.24, 2.45) is 11.1 Å². The molecule has 0 saturated heterocycles. The molecule has 2 N–H and O–H groups in total. The summed E-state index contributed by atoms with van der Waals surface area (Å²) in [6.07, 6.45) is 4.94. The lowest BCUT2D eigenvalue weighted by molar-refractivity contribution is 0.502. The fourth-order valence-electron chi connectivity index (χ4n) is 2.32. The van der Waals surface area contributed by atoms with E-state index in [1.54, 1.807) is 0 Å². The molecule has 1 aromatic heterocycles. The summed E-state index contributed by atoms with van der Waals surface area (Å²) in [5, 5.41) is 0. The summed E-state index contributed by atoms with van der Waals surface area (Å²) in [5.74, 6) is 0. The van der Waals surface area contributed by atoms with Crippen LogP contribution in [0.25, 0.3) is 0 Å². The van der Waals surface area contributed by atoms with Crippen LogP contribution in [-0.2, 0) is 5.41 Å². The lowest BCUT2D eigenvalue weighted by Crippen LogP contribution is -2.25. The highest BCUT2D eigenvalue weighted by molar-refractivity contribution is 5.35. The van der Waals surface area contributed by atoms with Crippen molar-refractivity contribution < 1.29 is 0 Å². The molecule has 13 heavy (non-hydrogen) atoms. The van der Waals surface area contributed by atoms with Gasteiger partial charge in [0.2, 0.25) is 0 Å². The summed E-state index contributed by atoms with van der Waals surface area (Å²) in [4.78, 5) is 4.15. The van der Waals surface area contributed by atoms with Crippen LogP contribution >= 0.6 is 0 Å². The Morgan fingerprint density at radius 2 is 2.23 bits per heavy atom. The van der Waals surface area contributed by atoms with Gasteiger partial charge >= 0.3 is 0 Å². The van der Waals surface area contributed by atoms with Gasteiger partial charge in [-0.2, -0.15) is 0 Å². The first-order chi connectivity index (χ1) is 6.12. The summed E-state index contributed by atoms with van der Waals surface area (Å²) >= 11 is 0. The van der Waals surface area contributed by atoms with Gasteiger partial charge in [-0.15, -0.1) is 0 Å². The number of pyridine rings is 1. The van der Waals surface area contributed by atoms with E-state index in [4.69, 9.17) is 5.73 Å². The fourth-order valence-corrected chi connectivity index (χ4v) is 2.32. The van der Waals surface area contributed by atoms with E-state index >= 15 is 0 Å². The highest BCUT2D eigenvalue weighted by Crippen LogP contribution is 2.63. The van der Waals surface area contributed by atoms with E-state index in [-0.39, 0.29) is 5.41 Å². The Balaban J connectivity index is 2.37. The maximum absolute atomic E-state index is 5.85. The van der Waals surface area contributed by atoms with E-state index in [1.165, 1.54) is 12.0 Å². The second-order valence-corrected chi connectivity index (χ2v) is 4.59. The van der Waals surface area contributed by atoms with Crippen molar-refractivity contribution in [2.45, 2.75) is 25.7 Å². The monoisotopic (exact) mass is 176 g/mol. The minimum absolute atomic E-state index is 0.196. The van der Waals surface area contributed by atoms with Crippen LogP contribution in [0.2, 0.25) is 0 Å². The SMILES string of the molecule is CC1(C)CC1(CN)c1cccnc1. The number of rotatable bonds is 2. The molecule has 1 saturated carbocycles. The van der Waals surface area contributed by atoms with Crippen LogP contribution in [0.1, 0.15) is 25.8 Å². The van der Waals surface area contributed by atoms with Gasteiger partial charge in [-0.1, -0.05) is 19.9 Å². The van der Waals surface area contributed by atoms with Crippen molar-refractivity contribution >= 4 is 0 Å². The summed E-state index contributed by atoms with van der Waals surface area (Å²) in [6.45, 7) is 5.27. The van der Waals surface area contributed by atoms with E-state index in [9.17, 15) is 0 Å². The van der Waals surface area contributed by atoms with Crippen molar-refractivity contribution in [3.63, 3.8) is 0 Å². The Morgan fingerprint density at radius 3 is 2.62 bits per heavy atom. The molecular formula is C11H16N2. The molecule has 1 fully saturated rings. The molecule has 1 aliphatic carbocycles. The maximum atomic E-state index is 5.85. The maximum Gasteiger partial charge on any atom is 0.0306 e. The lowest BCUT2D eigenvalue weighted by atomic mass is 9.89. The number of nitrogens with zero attached hydrogens (tertiary/aromatic N) is 1. The van der Waals surface area contributed by atoms with Crippen LogP contribution in [0.5, 0.6) is 0 Å². The van der Waals surface area contributed by atoms with Crippen molar-refractivity contribution in [3.8, 4) is 0 Å². The van der Waals surface area contributed by atoms with Crippen LogP contribution < -0.4 is 5.73 Å². The third-order valence-electron chi connectivity index (χ3n) is 3.48. The van der Waals surface area contributed by atoms with E-state index in [2.05, 4.69) is 24.9 Å². The molecule has 1 aliphatic rings. The first kappa shape index (κ1) is 8.70. The summed E-state index contributed by atoms with van der Waals surface area (Å²) in [6, 6.07) is 4.12. The van der Waals surface area contributed by atoms with Gasteiger partial charge in [0.05, 0.1) is 0 Å². The molecule has 2 nitrogen and oxygen atoms in total. The summed E-state index contributed by atoms with van der Waals surface area (Å²) in [5.41, 5.74) is 7.69. The zero-order valence-electron chi connectivity index (χ0n) is 8.25. The van der Waals surface area contributed by atoms with Crippen LogP contribution in [0.4, 0.5) is 0 Å². The standard InChI is InChI=1S/C11H16N2/c1-10(2)7-11(10,8-12)9-4-3-5-13-6-9/h3-6H,7-8,12H2,1-2H3. The van der Waals surface area contributed by atoms with Crippen LogP contribution in [0.3, 0.4) is 0 Å². The van der Waals surface area contributed by atoms with Gasteiger partial charge in [0.1, 0.15) is 0 Å². The highest BCUT2D eigenvalue weighted by Gasteiger charge is 2.60. The van der Waals surface area contributed by atoms with Gasteiger partial charge in [0.25, 0.3) is 0 Å². The average Bonchev–Trinajstić information content (AvgIpc) is 2.72. The molecule has 1 atom stereocenters. The Labute approximate surface area is 79.2 Å². The van der Waals surface area contributed by atoms with Crippen LogP contribution in [0.15, 0.2) is 24.5 Å². The molecule has 1 aromatic rings. The normalized spacial score (nSPS) is 30.1. The quantitative estimate of drug-likeness (QED) is 0.745. The molecule has 1 heterocycles. The molecular weight excluding hydrogens is 160 g/mol. The van der Waals surface area contributed by atoms with E-state index < -0.39 is 0 Å². The molecule has 0 spiro atoms. The molecule has 70 valence electrons. The third kappa shape index (κ3) is 1.09. The van der Waals surface area contributed by atoms with Gasteiger partial charge < -0.3 is 5.73 Å². The van der Waals surface area contributed by atoms with Crippen LogP contribution in [-0.4, -0.2) is 11.5 Å². The Bertz CT molecular complexity index is 305. The van der Waals surface area contributed by atoms with Gasteiger partial charge in [-0.3, -0.25) is 4.98 Å². The molecule has 0 amide bonds. The minimum Gasteiger partial charge on any atom is -0.330 e. The second-order valence-electron chi connectivity index (χ2n) is 4.59. The highest BCUT2D eigenvalue weighted by atomic mass is 14.8. The topological polar surface area (TPSA) is 38.9 Å². The number of hydrogen-bond acceptors (Lipinski definition) is 2. The van der Waals surface area contributed by atoms with Gasteiger partial charge in [0.15, 0.2) is 0 Å². The zero-order valence-corrected chi connectivity index (χ0v) is 8.25. The number of nitrogens with two attached hydrogens (primary N) is 1. The largest absolute Gasteiger partial charge is 0.330 e. The molecule has 0 bridgehead atoms. The van der Waals surface area contributed by atoms with E-state index in [0.29, 0.717) is 5.41 Å². The predicted molar refractivity (Wildman–Crippen MR) is 53.4 cm³/mol. The third-order valence-corrected chi connectivity index (χ3v) is 3.48. The summed E-state index contributed by atoms with van der Waals surface area (Å²) < 4.78 is 0.